The third-order valence-corrected chi connectivity index (χ3v) is 2.84. The molecule has 1 amide bonds. The summed E-state index contributed by atoms with van der Waals surface area (Å²) >= 11 is 3.27. The van der Waals surface area contributed by atoms with Gasteiger partial charge in [0.25, 0.3) is 5.91 Å². The van der Waals surface area contributed by atoms with Gasteiger partial charge in [0.05, 0.1) is 11.6 Å². The van der Waals surface area contributed by atoms with Crippen LogP contribution in [0.25, 0.3) is 0 Å². The molecule has 7 heteroatoms. The number of likely N-dealkylation sites (N-methyl/N-ethyl adjacent to an activating group) is 1. The zero-order valence-electron chi connectivity index (χ0n) is 9.86. The maximum absolute atomic E-state index is 11.6. The lowest BCUT2D eigenvalue weighted by Gasteiger charge is -2.12. The number of carboxylic acids is 1. The molecule has 0 aliphatic rings. The van der Waals surface area contributed by atoms with E-state index in [9.17, 15) is 9.59 Å². The quantitative estimate of drug-likeness (QED) is 0.707. The van der Waals surface area contributed by atoms with E-state index in [1.54, 1.807) is 18.2 Å². The summed E-state index contributed by atoms with van der Waals surface area (Å²) < 4.78 is 5.71. The van der Waals surface area contributed by atoms with Crippen LogP contribution in [0.3, 0.4) is 0 Å². The standard InChI is InChI=1S/C11H13BrN2O4/c1-13-9(11(16)17)10(15)14-6-3-4-8(18-2)7(12)5-6/h3-5,9,13H,1-2H3,(H,14,15)(H,16,17). The number of carbonyl (C=O) groups excluding carboxylic acids is 1. The average molecular weight is 317 g/mol. The van der Waals surface area contributed by atoms with Gasteiger partial charge in [-0.25, -0.2) is 4.79 Å². The number of carboxylic acid groups (broad SMARTS) is 1. The molecule has 3 N–H and O–H groups in total. The summed E-state index contributed by atoms with van der Waals surface area (Å²) in [6, 6.07) is 3.63. The minimum Gasteiger partial charge on any atom is -0.496 e. The SMILES string of the molecule is CNC(C(=O)O)C(=O)Nc1ccc(OC)c(Br)c1. The lowest BCUT2D eigenvalue weighted by Crippen LogP contribution is -2.44. The molecule has 1 unspecified atom stereocenters. The fraction of sp³-hybridized carbons (Fsp3) is 0.273. The minimum absolute atomic E-state index is 0.481. The van der Waals surface area contributed by atoms with Crippen molar-refractivity contribution in [2.24, 2.45) is 0 Å². The Morgan fingerprint density at radius 2 is 2.11 bits per heavy atom. The number of aliphatic carboxylic acids is 1. The molecule has 0 heterocycles. The molecule has 1 atom stereocenters. The van der Waals surface area contributed by atoms with E-state index in [2.05, 4.69) is 26.6 Å². The number of benzene rings is 1. The number of rotatable bonds is 5. The average Bonchev–Trinajstić information content (AvgIpc) is 2.29. The summed E-state index contributed by atoms with van der Waals surface area (Å²) in [5.41, 5.74) is 0.481. The summed E-state index contributed by atoms with van der Waals surface area (Å²) in [6.07, 6.45) is 0. The van der Waals surface area contributed by atoms with Crippen molar-refractivity contribution in [3.8, 4) is 5.75 Å². The van der Waals surface area contributed by atoms with Crippen LogP contribution < -0.4 is 15.4 Å². The number of methoxy groups -OCH3 is 1. The van der Waals surface area contributed by atoms with Crippen LogP contribution in [0.2, 0.25) is 0 Å². The van der Waals surface area contributed by atoms with Crippen LogP contribution in [0, 0.1) is 0 Å². The molecule has 1 rings (SSSR count). The van der Waals surface area contributed by atoms with Gasteiger partial charge in [-0.2, -0.15) is 0 Å². The Morgan fingerprint density at radius 3 is 2.56 bits per heavy atom. The third-order valence-electron chi connectivity index (χ3n) is 2.22. The monoisotopic (exact) mass is 316 g/mol. The number of anilines is 1. The number of hydrogen-bond donors (Lipinski definition) is 3. The Hall–Kier alpha value is -1.60. The molecule has 0 aliphatic carbocycles. The van der Waals surface area contributed by atoms with Gasteiger partial charge in [0.2, 0.25) is 0 Å². The van der Waals surface area contributed by atoms with Crippen LogP contribution in [0.1, 0.15) is 0 Å². The Kier molecular flexibility index (Phi) is 5.11. The zero-order chi connectivity index (χ0) is 13.7. The first-order valence-electron chi connectivity index (χ1n) is 5.04. The second kappa shape index (κ2) is 6.36. The number of ether oxygens (including phenoxy) is 1. The fourth-order valence-electron chi connectivity index (χ4n) is 1.33. The lowest BCUT2D eigenvalue weighted by atomic mass is 10.2. The zero-order valence-corrected chi connectivity index (χ0v) is 11.4. The van der Waals surface area contributed by atoms with E-state index in [0.29, 0.717) is 15.9 Å². The highest BCUT2D eigenvalue weighted by Crippen LogP contribution is 2.27. The molecule has 6 nitrogen and oxygen atoms in total. The van der Waals surface area contributed by atoms with Gasteiger partial charge >= 0.3 is 5.97 Å². The summed E-state index contributed by atoms with van der Waals surface area (Å²) in [7, 11) is 2.93. The normalized spacial score (nSPS) is 11.7. The first-order chi connectivity index (χ1) is 8.49. The maximum Gasteiger partial charge on any atom is 0.330 e. The van der Waals surface area contributed by atoms with Crippen LogP contribution in [-0.2, 0) is 9.59 Å². The number of amides is 1. The second-order valence-electron chi connectivity index (χ2n) is 3.40. The van der Waals surface area contributed by atoms with Crippen LogP contribution in [0.15, 0.2) is 22.7 Å². The molecule has 1 aromatic carbocycles. The van der Waals surface area contributed by atoms with Gasteiger partial charge in [-0.05, 0) is 41.2 Å². The van der Waals surface area contributed by atoms with E-state index in [0.717, 1.165) is 0 Å². The molecule has 98 valence electrons. The van der Waals surface area contributed by atoms with E-state index in [-0.39, 0.29) is 0 Å². The number of hydrogen-bond acceptors (Lipinski definition) is 4. The van der Waals surface area contributed by atoms with Gasteiger partial charge in [0.1, 0.15) is 5.75 Å². The van der Waals surface area contributed by atoms with Gasteiger partial charge in [-0.15, -0.1) is 0 Å². The van der Waals surface area contributed by atoms with Gasteiger partial charge in [-0.1, -0.05) is 0 Å². The smallest absolute Gasteiger partial charge is 0.330 e. The Labute approximate surface area is 112 Å². The van der Waals surface area contributed by atoms with E-state index >= 15 is 0 Å². The van der Waals surface area contributed by atoms with E-state index in [1.807, 2.05) is 0 Å². The van der Waals surface area contributed by atoms with Gasteiger partial charge in [0, 0.05) is 5.69 Å². The first-order valence-corrected chi connectivity index (χ1v) is 5.83. The van der Waals surface area contributed by atoms with Crippen molar-refractivity contribution in [3.05, 3.63) is 22.7 Å². The summed E-state index contributed by atoms with van der Waals surface area (Å²) in [5, 5.41) is 13.7. The number of nitrogens with one attached hydrogen (secondary N) is 2. The summed E-state index contributed by atoms with van der Waals surface area (Å²) in [6.45, 7) is 0. The van der Waals surface area contributed by atoms with Crippen LogP contribution in [-0.4, -0.2) is 37.2 Å². The van der Waals surface area contributed by atoms with Gasteiger partial charge in [0.15, 0.2) is 6.04 Å². The topological polar surface area (TPSA) is 87.7 Å². The molecule has 0 radical (unpaired) electrons. The molecule has 0 spiro atoms. The molecular weight excluding hydrogens is 304 g/mol. The van der Waals surface area contributed by atoms with Crippen molar-refractivity contribution in [2.45, 2.75) is 6.04 Å². The molecule has 18 heavy (non-hydrogen) atoms. The van der Waals surface area contributed by atoms with E-state index < -0.39 is 17.9 Å². The molecule has 0 aliphatic heterocycles. The van der Waals surface area contributed by atoms with Crippen molar-refractivity contribution in [1.82, 2.24) is 5.32 Å². The van der Waals surface area contributed by atoms with Crippen LogP contribution >= 0.6 is 15.9 Å². The van der Waals surface area contributed by atoms with Crippen molar-refractivity contribution in [1.29, 1.82) is 0 Å². The predicted octanol–water partition coefficient (Wildman–Crippen LogP) is 1.07. The molecule has 0 fully saturated rings. The second-order valence-corrected chi connectivity index (χ2v) is 4.25. The molecular formula is C11H13BrN2O4. The number of carbonyl (C=O) groups is 2. The molecule has 0 saturated heterocycles. The largest absolute Gasteiger partial charge is 0.496 e. The summed E-state index contributed by atoms with van der Waals surface area (Å²) in [4.78, 5) is 22.4. The molecule has 0 bridgehead atoms. The lowest BCUT2D eigenvalue weighted by molar-refractivity contribution is -0.142. The van der Waals surface area contributed by atoms with Gasteiger partial charge < -0.3 is 15.2 Å². The molecule has 0 saturated carbocycles. The van der Waals surface area contributed by atoms with Crippen molar-refractivity contribution >= 4 is 33.5 Å². The van der Waals surface area contributed by atoms with Crippen molar-refractivity contribution in [2.75, 3.05) is 19.5 Å². The minimum atomic E-state index is -1.29. The van der Waals surface area contributed by atoms with Crippen molar-refractivity contribution < 1.29 is 19.4 Å². The maximum atomic E-state index is 11.6. The van der Waals surface area contributed by atoms with E-state index in [1.165, 1.54) is 14.2 Å². The Morgan fingerprint density at radius 1 is 1.44 bits per heavy atom. The fourth-order valence-corrected chi connectivity index (χ4v) is 1.87. The Bertz CT molecular complexity index is 464. The first kappa shape index (κ1) is 14.5. The highest BCUT2D eigenvalue weighted by Gasteiger charge is 2.24. The van der Waals surface area contributed by atoms with Crippen molar-refractivity contribution in [3.63, 3.8) is 0 Å². The molecule has 0 aromatic heterocycles. The van der Waals surface area contributed by atoms with Crippen LogP contribution in [0.4, 0.5) is 5.69 Å². The molecule has 1 aromatic rings. The van der Waals surface area contributed by atoms with E-state index in [4.69, 9.17) is 9.84 Å². The Balaban J connectivity index is 2.82. The predicted molar refractivity (Wildman–Crippen MR) is 69.8 cm³/mol. The highest BCUT2D eigenvalue weighted by atomic mass is 79.9. The van der Waals surface area contributed by atoms with Crippen LogP contribution in [0.5, 0.6) is 5.75 Å². The highest BCUT2D eigenvalue weighted by molar-refractivity contribution is 9.10. The third kappa shape index (κ3) is 3.44. The summed E-state index contributed by atoms with van der Waals surface area (Å²) in [5.74, 6) is -1.25. The van der Waals surface area contributed by atoms with Gasteiger partial charge in [-0.3, -0.25) is 10.1 Å². The number of halogens is 1.